The maximum atomic E-state index is 12.5. The minimum absolute atomic E-state index is 0.0328. The Kier molecular flexibility index (Phi) is 7.46. The molecule has 0 atom stereocenters. The molecular weight excluding hydrogens is 392 g/mol. The van der Waals surface area contributed by atoms with Crippen molar-refractivity contribution in [1.29, 1.82) is 0 Å². The summed E-state index contributed by atoms with van der Waals surface area (Å²) < 4.78 is 12.9. The lowest BCUT2D eigenvalue weighted by Crippen LogP contribution is -2.35. The number of aromatic nitrogens is 2. The quantitative estimate of drug-likeness (QED) is 0.632. The second-order valence-electron chi connectivity index (χ2n) is 8.59. The Morgan fingerprint density at radius 1 is 1.19 bits per heavy atom. The molecule has 4 rings (SSSR count). The number of nitrogens with one attached hydrogen (secondary N) is 2. The van der Waals surface area contributed by atoms with Crippen LogP contribution in [0, 0.1) is 5.92 Å². The van der Waals surface area contributed by atoms with Crippen molar-refractivity contribution in [2.75, 3.05) is 26.7 Å². The number of amides is 1. The summed E-state index contributed by atoms with van der Waals surface area (Å²) in [5.74, 6) is 2.29. The predicted molar refractivity (Wildman–Crippen MR) is 120 cm³/mol. The normalized spacial score (nSPS) is 16.4. The molecule has 2 aliphatic rings. The summed E-state index contributed by atoms with van der Waals surface area (Å²) in [4.78, 5) is 12.5. The van der Waals surface area contributed by atoms with Crippen LogP contribution in [0.3, 0.4) is 0 Å². The molecular formula is C24H34N4O3. The highest BCUT2D eigenvalue weighted by Gasteiger charge is 2.23. The first-order valence-electron chi connectivity index (χ1n) is 11.6. The molecule has 1 fully saturated rings. The fourth-order valence-electron chi connectivity index (χ4n) is 4.60. The zero-order valence-corrected chi connectivity index (χ0v) is 18.5. The van der Waals surface area contributed by atoms with Gasteiger partial charge in [-0.2, -0.15) is 5.10 Å². The van der Waals surface area contributed by atoms with Crippen LogP contribution >= 0.6 is 0 Å². The van der Waals surface area contributed by atoms with Crippen molar-refractivity contribution in [2.45, 2.75) is 58.1 Å². The van der Waals surface area contributed by atoms with E-state index in [0.29, 0.717) is 13.2 Å². The monoisotopic (exact) mass is 426 g/mol. The molecule has 0 saturated heterocycles. The summed E-state index contributed by atoms with van der Waals surface area (Å²) >= 11 is 0. The summed E-state index contributed by atoms with van der Waals surface area (Å²) in [7, 11) is 1.64. The number of carbonyl (C=O) groups excluding carboxylic acids is 1. The molecule has 0 radical (unpaired) electrons. The average molecular weight is 427 g/mol. The molecule has 168 valence electrons. The van der Waals surface area contributed by atoms with Crippen molar-refractivity contribution in [1.82, 2.24) is 20.4 Å². The van der Waals surface area contributed by atoms with E-state index in [0.717, 1.165) is 47.3 Å². The topological polar surface area (TPSA) is 77.4 Å². The van der Waals surface area contributed by atoms with Crippen molar-refractivity contribution < 1.29 is 14.3 Å². The first-order valence-corrected chi connectivity index (χ1v) is 11.6. The Balaban J connectivity index is 1.26. The van der Waals surface area contributed by atoms with Gasteiger partial charge in [-0.15, -0.1) is 0 Å². The SMILES string of the molecule is COc1ccc2c(c1)-c1c(cnn1CC(=O)NCCNCC1CCCCCCC1)CO2. The van der Waals surface area contributed by atoms with Gasteiger partial charge in [0, 0.05) is 24.2 Å². The average Bonchev–Trinajstić information content (AvgIpc) is 3.17. The number of ether oxygens (including phenoxy) is 2. The van der Waals surface area contributed by atoms with Crippen LogP contribution < -0.4 is 20.1 Å². The second-order valence-corrected chi connectivity index (χ2v) is 8.59. The van der Waals surface area contributed by atoms with Crippen LogP contribution in [-0.4, -0.2) is 42.4 Å². The molecule has 7 heteroatoms. The first kappa shape index (κ1) is 21.7. The van der Waals surface area contributed by atoms with E-state index in [2.05, 4.69) is 15.7 Å². The van der Waals surface area contributed by atoms with E-state index >= 15 is 0 Å². The molecule has 1 saturated carbocycles. The molecule has 0 unspecified atom stereocenters. The van der Waals surface area contributed by atoms with Crippen molar-refractivity contribution in [2.24, 2.45) is 5.92 Å². The van der Waals surface area contributed by atoms with Crippen LogP contribution in [0.25, 0.3) is 11.3 Å². The van der Waals surface area contributed by atoms with E-state index in [1.165, 1.54) is 44.9 Å². The van der Waals surface area contributed by atoms with Gasteiger partial charge in [-0.3, -0.25) is 9.48 Å². The van der Waals surface area contributed by atoms with Gasteiger partial charge < -0.3 is 20.1 Å². The summed E-state index contributed by atoms with van der Waals surface area (Å²) in [5.41, 5.74) is 2.82. The number of nitrogens with zero attached hydrogens (tertiary/aromatic N) is 2. The number of methoxy groups -OCH3 is 1. The first-order chi connectivity index (χ1) is 15.2. The van der Waals surface area contributed by atoms with E-state index in [9.17, 15) is 4.79 Å². The van der Waals surface area contributed by atoms with Crippen LogP contribution in [0.1, 0.15) is 50.5 Å². The van der Waals surface area contributed by atoms with Gasteiger partial charge in [0.15, 0.2) is 0 Å². The predicted octanol–water partition coefficient (Wildman–Crippen LogP) is 3.52. The van der Waals surface area contributed by atoms with Crippen LogP contribution in [-0.2, 0) is 17.9 Å². The summed E-state index contributed by atoms with van der Waals surface area (Å²) in [6.07, 6.45) is 11.3. The molecule has 1 aromatic carbocycles. The van der Waals surface area contributed by atoms with Gasteiger partial charge in [-0.1, -0.05) is 32.1 Å². The number of fused-ring (bicyclic) bond motifs is 3. The lowest BCUT2D eigenvalue weighted by atomic mass is 9.91. The summed E-state index contributed by atoms with van der Waals surface area (Å²) in [6, 6.07) is 5.71. The zero-order chi connectivity index (χ0) is 21.5. The molecule has 2 N–H and O–H groups in total. The molecule has 1 aromatic heterocycles. The van der Waals surface area contributed by atoms with Gasteiger partial charge in [0.25, 0.3) is 0 Å². The summed E-state index contributed by atoms with van der Waals surface area (Å²) in [6.45, 7) is 3.13. The van der Waals surface area contributed by atoms with E-state index in [1.54, 1.807) is 18.0 Å². The fraction of sp³-hybridized carbons (Fsp3) is 0.583. The Bertz CT molecular complexity index is 872. The Morgan fingerprint density at radius 2 is 2.00 bits per heavy atom. The third-order valence-electron chi connectivity index (χ3n) is 6.32. The third kappa shape index (κ3) is 5.58. The minimum Gasteiger partial charge on any atom is -0.497 e. The highest BCUT2D eigenvalue weighted by Crippen LogP contribution is 2.39. The van der Waals surface area contributed by atoms with E-state index in [-0.39, 0.29) is 12.5 Å². The zero-order valence-electron chi connectivity index (χ0n) is 18.5. The molecule has 1 aliphatic heterocycles. The molecule has 1 aliphatic carbocycles. The standard InChI is InChI=1S/C24H34N4O3/c1-30-20-9-10-22-21(13-20)24-19(17-31-22)15-27-28(24)16-23(29)26-12-11-25-14-18-7-5-3-2-4-6-8-18/h9-10,13,15,18,25H,2-8,11-12,14,16-17H2,1H3,(H,26,29). The minimum atomic E-state index is -0.0328. The summed E-state index contributed by atoms with van der Waals surface area (Å²) in [5, 5.41) is 11.0. The maximum Gasteiger partial charge on any atom is 0.241 e. The highest BCUT2D eigenvalue weighted by molar-refractivity contribution is 5.78. The van der Waals surface area contributed by atoms with Gasteiger partial charge in [-0.05, 0) is 43.5 Å². The van der Waals surface area contributed by atoms with Gasteiger partial charge >= 0.3 is 0 Å². The number of hydrogen-bond acceptors (Lipinski definition) is 5. The number of hydrogen-bond donors (Lipinski definition) is 2. The largest absolute Gasteiger partial charge is 0.497 e. The van der Waals surface area contributed by atoms with Gasteiger partial charge in [0.1, 0.15) is 24.7 Å². The van der Waals surface area contributed by atoms with Crippen molar-refractivity contribution in [3.05, 3.63) is 30.0 Å². The van der Waals surface area contributed by atoms with Crippen molar-refractivity contribution in [3.63, 3.8) is 0 Å². The molecule has 31 heavy (non-hydrogen) atoms. The van der Waals surface area contributed by atoms with Gasteiger partial charge in [0.2, 0.25) is 5.91 Å². The molecule has 0 bridgehead atoms. The Hall–Kier alpha value is -2.54. The van der Waals surface area contributed by atoms with Crippen molar-refractivity contribution in [3.8, 4) is 22.8 Å². The highest BCUT2D eigenvalue weighted by atomic mass is 16.5. The maximum absolute atomic E-state index is 12.5. The number of benzene rings is 1. The lowest BCUT2D eigenvalue weighted by molar-refractivity contribution is -0.121. The van der Waals surface area contributed by atoms with Crippen LogP contribution in [0.5, 0.6) is 11.5 Å². The van der Waals surface area contributed by atoms with E-state index in [4.69, 9.17) is 9.47 Å². The Labute approximate surface area is 184 Å². The van der Waals surface area contributed by atoms with E-state index < -0.39 is 0 Å². The van der Waals surface area contributed by atoms with Gasteiger partial charge in [-0.25, -0.2) is 0 Å². The van der Waals surface area contributed by atoms with Crippen LogP contribution in [0.15, 0.2) is 24.4 Å². The molecule has 0 spiro atoms. The molecule has 2 aromatic rings. The number of rotatable bonds is 8. The van der Waals surface area contributed by atoms with Crippen LogP contribution in [0.2, 0.25) is 0 Å². The smallest absolute Gasteiger partial charge is 0.241 e. The van der Waals surface area contributed by atoms with Crippen molar-refractivity contribution >= 4 is 5.91 Å². The lowest BCUT2D eigenvalue weighted by Gasteiger charge is -2.20. The second kappa shape index (κ2) is 10.7. The molecule has 7 nitrogen and oxygen atoms in total. The Morgan fingerprint density at radius 3 is 2.81 bits per heavy atom. The van der Waals surface area contributed by atoms with Gasteiger partial charge in [0.05, 0.1) is 19.0 Å². The van der Waals surface area contributed by atoms with E-state index in [1.807, 2.05) is 18.2 Å². The van der Waals surface area contributed by atoms with Crippen LogP contribution in [0.4, 0.5) is 0 Å². The molecule has 2 heterocycles. The number of carbonyl (C=O) groups is 1. The third-order valence-corrected chi connectivity index (χ3v) is 6.32. The fourth-order valence-corrected chi connectivity index (χ4v) is 4.60. The molecule has 1 amide bonds.